The molecule has 0 spiro atoms. The molecule has 2 fully saturated rings. The number of methoxy groups -OCH3 is 1. The van der Waals surface area contributed by atoms with Crippen molar-refractivity contribution in [2.75, 3.05) is 20.2 Å². The highest BCUT2D eigenvalue weighted by Gasteiger charge is 2.41. The van der Waals surface area contributed by atoms with Gasteiger partial charge in [-0.25, -0.2) is 0 Å². The summed E-state index contributed by atoms with van der Waals surface area (Å²) in [6, 6.07) is 0. The van der Waals surface area contributed by atoms with Crippen LogP contribution in [-0.4, -0.2) is 60.3 Å². The fraction of sp³-hybridized carbons (Fsp3) is 0.812. The average molecular weight is 327 g/mol. The summed E-state index contributed by atoms with van der Waals surface area (Å²) < 4.78 is 10.8. The minimum Gasteiger partial charge on any atom is -0.481 e. The summed E-state index contributed by atoms with van der Waals surface area (Å²) in [5, 5.41) is 9.26. The van der Waals surface area contributed by atoms with Crippen LogP contribution in [0.25, 0.3) is 0 Å². The van der Waals surface area contributed by atoms with Crippen molar-refractivity contribution in [2.24, 2.45) is 11.8 Å². The first-order valence-corrected chi connectivity index (χ1v) is 8.14. The fourth-order valence-corrected chi connectivity index (χ4v) is 3.54. The van der Waals surface area contributed by atoms with Crippen molar-refractivity contribution < 1.29 is 29.0 Å². The molecule has 7 heteroatoms. The SMILES string of the molecule is COC(=O)[C@H]1C[C@H](OC2CCN(C(C)=O)CC2)CC[C@@H]1C(=O)O. The number of ether oxygens (including phenoxy) is 2. The monoisotopic (exact) mass is 327 g/mol. The first kappa shape index (κ1) is 17.7. The maximum absolute atomic E-state index is 11.9. The molecule has 2 rings (SSSR count). The standard InChI is InChI=1S/C16H25NO6/c1-10(18)17-7-5-11(6-8-17)23-12-3-4-13(15(19)20)14(9-12)16(21)22-2/h11-14H,3-9H2,1-2H3,(H,19,20)/t12-,13+,14+/m1/s1. The van der Waals surface area contributed by atoms with Crippen LogP contribution in [0.3, 0.4) is 0 Å². The first-order valence-electron chi connectivity index (χ1n) is 8.14. The molecule has 1 amide bonds. The van der Waals surface area contributed by atoms with Crippen molar-refractivity contribution in [1.29, 1.82) is 0 Å². The molecule has 0 bridgehead atoms. The van der Waals surface area contributed by atoms with E-state index in [9.17, 15) is 19.5 Å². The lowest BCUT2D eigenvalue weighted by atomic mass is 9.77. The summed E-state index contributed by atoms with van der Waals surface area (Å²) in [6.07, 6.45) is 2.95. The van der Waals surface area contributed by atoms with Gasteiger partial charge in [0, 0.05) is 20.0 Å². The van der Waals surface area contributed by atoms with Crippen molar-refractivity contribution >= 4 is 17.8 Å². The Morgan fingerprint density at radius 2 is 1.65 bits per heavy atom. The van der Waals surface area contributed by atoms with Crippen molar-refractivity contribution in [3.8, 4) is 0 Å². The highest BCUT2D eigenvalue weighted by molar-refractivity contribution is 5.81. The van der Waals surface area contributed by atoms with E-state index in [0.717, 1.165) is 12.8 Å². The van der Waals surface area contributed by atoms with E-state index < -0.39 is 23.8 Å². The van der Waals surface area contributed by atoms with Crippen LogP contribution < -0.4 is 0 Å². The van der Waals surface area contributed by atoms with E-state index in [2.05, 4.69) is 0 Å². The van der Waals surface area contributed by atoms with E-state index in [1.165, 1.54) is 7.11 Å². The number of carboxylic acids is 1. The summed E-state index contributed by atoms with van der Waals surface area (Å²) in [6.45, 7) is 2.94. The highest BCUT2D eigenvalue weighted by atomic mass is 16.5. The molecular formula is C16H25NO6. The number of amides is 1. The van der Waals surface area contributed by atoms with E-state index in [0.29, 0.717) is 32.4 Å². The van der Waals surface area contributed by atoms with E-state index in [1.807, 2.05) is 0 Å². The molecule has 1 heterocycles. The Bertz CT molecular complexity index is 457. The number of hydrogen-bond donors (Lipinski definition) is 1. The van der Waals surface area contributed by atoms with Crippen LogP contribution in [0.5, 0.6) is 0 Å². The zero-order chi connectivity index (χ0) is 17.0. The van der Waals surface area contributed by atoms with Crippen LogP contribution in [0, 0.1) is 11.8 Å². The van der Waals surface area contributed by atoms with Gasteiger partial charge in [0.2, 0.25) is 5.91 Å². The third-order valence-electron chi connectivity index (χ3n) is 4.90. The Kier molecular flexibility index (Phi) is 5.98. The molecule has 7 nitrogen and oxygen atoms in total. The van der Waals surface area contributed by atoms with Gasteiger partial charge in [-0.3, -0.25) is 14.4 Å². The third kappa shape index (κ3) is 4.43. The van der Waals surface area contributed by atoms with Crippen LogP contribution in [-0.2, 0) is 23.9 Å². The fourth-order valence-electron chi connectivity index (χ4n) is 3.54. The van der Waals surface area contributed by atoms with Crippen LogP contribution in [0.4, 0.5) is 0 Å². The Morgan fingerprint density at radius 3 is 2.17 bits per heavy atom. The van der Waals surface area contributed by atoms with Crippen LogP contribution >= 0.6 is 0 Å². The molecule has 0 radical (unpaired) electrons. The number of carbonyl (C=O) groups excluding carboxylic acids is 2. The number of piperidine rings is 1. The average Bonchev–Trinajstić information content (AvgIpc) is 2.54. The summed E-state index contributed by atoms with van der Waals surface area (Å²) in [5.41, 5.74) is 0. The van der Waals surface area contributed by atoms with Crippen LogP contribution in [0.15, 0.2) is 0 Å². The van der Waals surface area contributed by atoms with Crippen molar-refractivity contribution in [1.82, 2.24) is 4.90 Å². The van der Waals surface area contributed by atoms with E-state index in [1.54, 1.807) is 11.8 Å². The van der Waals surface area contributed by atoms with Gasteiger partial charge in [0.1, 0.15) is 0 Å². The van der Waals surface area contributed by atoms with Gasteiger partial charge in [-0.05, 0) is 32.1 Å². The minimum atomic E-state index is -0.950. The maximum Gasteiger partial charge on any atom is 0.309 e. The topological polar surface area (TPSA) is 93.1 Å². The number of likely N-dealkylation sites (tertiary alicyclic amines) is 1. The molecule has 1 N–H and O–H groups in total. The molecule has 0 unspecified atom stereocenters. The zero-order valence-electron chi connectivity index (χ0n) is 13.7. The molecule has 0 aromatic carbocycles. The van der Waals surface area contributed by atoms with Crippen molar-refractivity contribution in [2.45, 2.75) is 51.2 Å². The predicted molar refractivity (Wildman–Crippen MR) is 80.6 cm³/mol. The Labute approximate surface area is 135 Å². The van der Waals surface area contributed by atoms with E-state index in [4.69, 9.17) is 9.47 Å². The zero-order valence-corrected chi connectivity index (χ0v) is 13.7. The molecule has 2 aliphatic rings. The second-order valence-corrected chi connectivity index (χ2v) is 6.35. The molecular weight excluding hydrogens is 302 g/mol. The quantitative estimate of drug-likeness (QED) is 0.776. The molecule has 130 valence electrons. The first-order chi connectivity index (χ1) is 10.9. The number of carboxylic acid groups (broad SMARTS) is 1. The molecule has 1 saturated heterocycles. The summed E-state index contributed by atoms with van der Waals surface area (Å²) in [7, 11) is 1.28. The number of nitrogens with zero attached hydrogens (tertiary/aromatic N) is 1. The number of esters is 1. The molecule has 0 aromatic rings. The highest BCUT2D eigenvalue weighted by Crippen LogP contribution is 2.34. The summed E-state index contributed by atoms with van der Waals surface area (Å²) in [5.74, 6) is -2.68. The number of rotatable bonds is 4. The van der Waals surface area contributed by atoms with Gasteiger partial charge in [0.05, 0.1) is 31.2 Å². The van der Waals surface area contributed by atoms with E-state index >= 15 is 0 Å². The van der Waals surface area contributed by atoms with Crippen LogP contribution in [0.1, 0.15) is 39.0 Å². The maximum atomic E-state index is 11.9. The van der Waals surface area contributed by atoms with Gasteiger partial charge in [0.15, 0.2) is 0 Å². The third-order valence-corrected chi connectivity index (χ3v) is 4.90. The molecule has 0 aromatic heterocycles. The molecule has 1 aliphatic heterocycles. The molecule has 1 saturated carbocycles. The Morgan fingerprint density at radius 1 is 1.00 bits per heavy atom. The Balaban J connectivity index is 1.88. The van der Waals surface area contributed by atoms with Gasteiger partial charge >= 0.3 is 11.9 Å². The van der Waals surface area contributed by atoms with Gasteiger partial charge in [0.25, 0.3) is 0 Å². The minimum absolute atomic E-state index is 0.0651. The summed E-state index contributed by atoms with van der Waals surface area (Å²) in [4.78, 5) is 36.3. The smallest absolute Gasteiger partial charge is 0.309 e. The second-order valence-electron chi connectivity index (χ2n) is 6.35. The molecule has 23 heavy (non-hydrogen) atoms. The number of aliphatic carboxylic acids is 1. The lowest BCUT2D eigenvalue weighted by Gasteiger charge is -2.37. The second kappa shape index (κ2) is 7.77. The largest absolute Gasteiger partial charge is 0.481 e. The Hall–Kier alpha value is -1.63. The predicted octanol–water partition coefficient (Wildman–Crippen LogP) is 1.06. The van der Waals surface area contributed by atoms with E-state index in [-0.39, 0.29) is 18.1 Å². The van der Waals surface area contributed by atoms with Gasteiger partial charge < -0.3 is 19.5 Å². The number of carbonyl (C=O) groups is 3. The van der Waals surface area contributed by atoms with Crippen molar-refractivity contribution in [3.63, 3.8) is 0 Å². The van der Waals surface area contributed by atoms with Gasteiger partial charge in [-0.15, -0.1) is 0 Å². The summed E-state index contributed by atoms with van der Waals surface area (Å²) >= 11 is 0. The normalized spacial score (nSPS) is 29.1. The number of hydrogen-bond acceptors (Lipinski definition) is 5. The molecule has 1 aliphatic carbocycles. The van der Waals surface area contributed by atoms with Gasteiger partial charge in [-0.2, -0.15) is 0 Å². The molecule has 3 atom stereocenters. The lowest BCUT2D eigenvalue weighted by Crippen LogP contribution is -2.43. The lowest BCUT2D eigenvalue weighted by molar-refractivity contribution is -0.162. The van der Waals surface area contributed by atoms with Crippen LogP contribution in [0.2, 0.25) is 0 Å². The van der Waals surface area contributed by atoms with Crippen molar-refractivity contribution in [3.05, 3.63) is 0 Å². The van der Waals surface area contributed by atoms with Gasteiger partial charge in [-0.1, -0.05) is 0 Å².